The number of thiazole rings is 1. The van der Waals surface area contributed by atoms with E-state index in [4.69, 9.17) is 34.8 Å². The van der Waals surface area contributed by atoms with Gasteiger partial charge in [0, 0.05) is 11.6 Å². The van der Waals surface area contributed by atoms with Crippen molar-refractivity contribution in [3.63, 3.8) is 0 Å². The summed E-state index contributed by atoms with van der Waals surface area (Å²) in [6.07, 6.45) is 1.36. The second kappa shape index (κ2) is 7.04. The molecule has 0 radical (unpaired) electrons. The molecule has 118 valence electrons. The molecule has 4 nitrogen and oxygen atoms in total. The van der Waals surface area contributed by atoms with Crippen LogP contribution in [0.1, 0.15) is 10.4 Å². The topological polar surface area (TPSA) is 54.9 Å². The molecular weight excluding hydrogens is 465 g/mol. The summed E-state index contributed by atoms with van der Waals surface area (Å²) in [6.45, 7) is 0. The molecule has 0 aromatic carbocycles. The lowest BCUT2D eigenvalue weighted by atomic mass is 10.3. The Morgan fingerprint density at radius 1 is 1.22 bits per heavy atom. The summed E-state index contributed by atoms with van der Waals surface area (Å²) in [5.41, 5.74) is 1.05. The summed E-state index contributed by atoms with van der Waals surface area (Å²) in [7, 11) is 0. The van der Waals surface area contributed by atoms with Crippen LogP contribution < -0.4 is 5.32 Å². The molecule has 0 atom stereocenters. The molecular formula is C13H5BrCl3N3OS2. The van der Waals surface area contributed by atoms with Crippen LogP contribution >= 0.6 is 73.4 Å². The fourth-order valence-corrected chi connectivity index (χ4v) is 4.34. The second-order valence-electron chi connectivity index (χ2n) is 4.22. The van der Waals surface area contributed by atoms with Crippen LogP contribution in [0.2, 0.25) is 15.2 Å². The van der Waals surface area contributed by atoms with Crippen LogP contribution in [-0.4, -0.2) is 15.9 Å². The van der Waals surface area contributed by atoms with Gasteiger partial charge in [-0.2, -0.15) is 0 Å². The number of halogens is 4. The molecule has 0 bridgehead atoms. The highest BCUT2D eigenvalue weighted by atomic mass is 79.9. The largest absolute Gasteiger partial charge is 0.298 e. The van der Waals surface area contributed by atoms with Gasteiger partial charge < -0.3 is 0 Å². The van der Waals surface area contributed by atoms with E-state index >= 15 is 0 Å². The van der Waals surface area contributed by atoms with Crippen molar-refractivity contribution >= 4 is 84.4 Å². The quantitative estimate of drug-likeness (QED) is 0.462. The SMILES string of the molecule is O=C(Nc1nc(-c2cc(Cl)c(Br)s2)cs1)c1cnc(Cl)c(Cl)c1. The highest BCUT2D eigenvalue weighted by Crippen LogP contribution is 2.38. The molecule has 3 aromatic heterocycles. The van der Waals surface area contributed by atoms with Gasteiger partial charge in [-0.3, -0.25) is 10.1 Å². The minimum Gasteiger partial charge on any atom is -0.298 e. The molecule has 1 N–H and O–H groups in total. The fourth-order valence-electron chi connectivity index (χ4n) is 1.63. The first-order valence-electron chi connectivity index (χ1n) is 5.97. The van der Waals surface area contributed by atoms with Crippen LogP contribution in [0.5, 0.6) is 0 Å². The second-order valence-corrected chi connectivity index (χ2v) is 8.62. The van der Waals surface area contributed by atoms with Gasteiger partial charge in [-0.25, -0.2) is 9.97 Å². The molecule has 10 heteroatoms. The van der Waals surface area contributed by atoms with Gasteiger partial charge in [-0.1, -0.05) is 34.8 Å². The zero-order valence-electron chi connectivity index (χ0n) is 10.9. The molecule has 0 saturated heterocycles. The van der Waals surface area contributed by atoms with Gasteiger partial charge in [0.1, 0.15) is 5.15 Å². The van der Waals surface area contributed by atoms with Crippen molar-refractivity contribution in [1.82, 2.24) is 9.97 Å². The van der Waals surface area contributed by atoms with E-state index in [1.807, 2.05) is 11.4 Å². The Bertz CT molecular complexity index is 877. The van der Waals surface area contributed by atoms with Crippen LogP contribution in [-0.2, 0) is 0 Å². The minimum atomic E-state index is -0.359. The number of amides is 1. The molecule has 1 amide bonds. The third-order valence-corrected chi connectivity index (χ3v) is 6.62. The maximum absolute atomic E-state index is 12.2. The highest BCUT2D eigenvalue weighted by Gasteiger charge is 2.14. The van der Waals surface area contributed by atoms with Crippen molar-refractivity contribution in [3.05, 3.63) is 48.3 Å². The Hall–Kier alpha value is -0.700. The first kappa shape index (κ1) is 17.1. The number of nitrogens with one attached hydrogen (secondary N) is 1. The van der Waals surface area contributed by atoms with Gasteiger partial charge in [0.2, 0.25) is 0 Å². The van der Waals surface area contributed by atoms with E-state index in [2.05, 4.69) is 31.2 Å². The van der Waals surface area contributed by atoms with Crippen LogP contribution in [0, 0.1) is 0 Å². The van der Waals surface area contributed by atoms with Crippen molar-refractivity contribution in [3.8, 4) is 10.6 Å². The third-order valence-electron chi connectivity index (χ3n) is 2.68. The van der Waals surface area contributed by atoms with Gasteiger partial charge in [0.05, 0.1) is 30.0 Å². The Morgan fingerprint density at radius 3 is 2.65 bits per heavy atom. The molecule has 23 heavy (non-hydrogen) atoms. The molecule has 0 aliphatic rings. The Kier molecular flexibility index (Phi) is 5.25. The number of hydrogen-bond acceptors (Lipinski definition) is 5. The van der Waals surface area contributed by atoms with Crippen molar-refractivity contribution in [2.45, 2.75) is 0 Å². The van der Waals surface area contributed by atoms with E-state index in [9.17, 15) is 4.79 Å². The Balaban J connectivity index is 1.78. The number of carbonyl (C=O) groups excluding carboxylic acids is 1. The summed E-state index contributed by atoms with van der Waals surface area (Å²) in [5.74, 6) is -0.359. The predicted octanol–water partition coefficient (Wildman–Crippen LogP) is 6.24. The molecule has 0 aliphatic heterocycles. The lowest BCUT2D eigenvalue weighted by Crippen LogP contribution is -2.12. The lowest BCUT2D eigenvalue weighted by molar-refractivity contribution is 0.102. The number of carbonyl (C=O) groups is 1. The molecule has 0 saturated carbocycles. The van der Waals surface area contributed by atoms with Crippen LogP contribution in [0.3, 0.4) is 0 Å². The molecule has 3 aromatic rings. The summed E-state index contributed by atoms with van der Waals surface area (Å²) >= 11 is 23.8. The molecule has 0 fully saturated rings. The van der Waals surface area contributed by atoms with E-state index in [-0.39, 0.29) is 16.1 Å². The van der Waals surface area contributed by atoms with Crippen molar-refractivity contribution in [1.29, 1.82) is 0 Å². The van der Waals surface area contributed by atoms with Crippen LogP contribution in [0.15, 0.2) is 27.5 Å². The van der Waals surface area contributed by atoms with E-state index in [1.165, 1.54) is 34.9 Å². The van der Waals surface area contributed by atoms with Gasteiger partial charge in [-0.05, 0) is 28.1 Å². The average molecular weight is 470 g/mol. The number of anilines is 1. The summed E-state index contributed by atoms with van der Waals surface area (Å²) in [5, 5.41) is 6.02. The molecule has 0 unspecified atom stereocenters. The number of nitrogens with zero attached hydrogens (tertiary/aromatic N) is 2. The first-order valence-corrected chi connectivity index (χ1v) is 9.59. The number of thiophene rings is 1. The third kappa shape index (κ3) is 3.87. The first-order chi connectivity index (χ1) is 10.9. The van der Waals surface area contributed by atoms with Crippen LogP contribution in [0.25, 0.3) is 10.6 Å². The maximum atomic E-state index is 12.2. The lowest BCUT2D eigenvalue weighted by Gasteiger charge is -2.02. The zero-order valence-corrected chi connectivity index (χ0v) is 16.4. The maximum Gasteiger partial charge on any atom is 0.259 e. The van der Waals surface area contributed by atoms with Crippen LogP contribution in [0.4, 0.5) is 5.13 Å². The molecule has 0 aliphatic carbocycles. The summed E-state index contributed by atoms with van der Waals surface area (Å²) < 4.78 is 0.842. The van der Waals surface area contributed by atoms with Gasteiger partial charge >= 0.3 is 0 Å². The van der Waals surface area contributed by atoms with Gasteiger partial charge in [-0.15, -0.1) is 22.7 Å². The molecule has 3 heterocycles. The minimum absolute atomic E-state index is 0.153. The van der Waals surface area contributed by atoms with E-state index in [0.717, 1.165) is 14.4 Å². The number of hydrogen-bond donors (Lipinski definition) is 1. The summed E-state index contributed by atoms with van der Waals surface area (Å²) in [4.78, 5) is 21.3. The van der Waals surface area contributed by atoms with Gasteiger partial charge in [0.25, 0.3) is 5.91 Å². The predicted molar refractivity (Wildman–Crippen MR) is 100 cm³/mol. The Morgan fingerprint density at radius 2 is 2.00 bits per heavy atom. The Labute approximate surface area is 162 Å². The smallest absolute Gasteiger partial charge is 0.259 e. The highest BCUT2D eigenvalue weighted by molar-refractivity contribution is 9.11. The summed E-state index contributed by atoms with van der Waals surface area (Å²) in [6, 6.07) is 3.27. The molecule has 0 spiro atoms. The number of aromatic nitrogens is 2. The van der Waals surface area contributed by atoms with Crippen molar-refractivity contribution in [2.24, 2.45) is 0 Å². The van der Waals surface area contributed by atoms with E-state index < -0.39 is 0 Å². The monoisotopic (exact) mass is 467 g/mol. The average Bonchev–Trinajstić information content (AvgIpc) is 3.09. The van der Waals surface area contributed by atoms with E-state index in [1.54, 1.807) is 0 Å². The number of pyridine rings is 1. The zero-order chi connectivity index (χ0) is 16.6. The van der Waals surface area contributed by atoms with Crippen molar-refractivity contribution in [2.75, 3.05) is 5.32 Å². The molecule has 3 rings (SSSR count). The fraction of sp³-hybridized carbons (Fsp3) is 0. The normalized spacial score (nSPS) is 10.8. The number of rotatable bonds is 3. The van der Waals surface area contributed by atoms with Crippen molar-refractivity contribution < 1.29 is 4.79 Å². The van der Waals surface area contributed by atoms with Gasteiger partial charge in [0.15, 0.2) is 5.13 Å². The van der Waals surface area contributed by atoms with E-state index in [0.29, 0.717) is 15.7 Å². The standard InChI is InChI=1S/C13H5BrCl3N3OS2/c14-10-6(15)2-9(23-10)8-4-22-13(19-8)20-12(21)5-1-7(16)11(17)18-3-5/h1-4H,(H,19,20,21).